The van der Waals surface area contributed by atoms with Gasteiger partial charge in [-0.1, -0.05) is 182 Å². The maximum Gasteiger partial charge on any atom is 0.180 e. The van der Waals surface area contributed by atoms with Gasteiger partial charge in [0.2, 0.25) is 0 Å². The molecule has 0 radical (unpaired) electrons. The molecule has 2 heterocycles. The van der Waals surface area contributed by atoms with Crippen molar-refractivity contribution in [1.82, 2.24) is 9.97 Å². The van der Waals surface area contributed by atoms with Crippen LogP contribution in [-0.4, -0.2) is 18.0 Å². The summed E-state index contributed by atoms with van der Waals surface area (Å²) in [5.74, 6) is 0. The van der Waals surface area contributed by atoms with Gasteiger partial charge in [-0.2, -0.15) is 0 Å². The van der Waals surface area contributed by atoms with Crippen molar-refractivity contribution in [1.29, 1.82) is 0 Å². The van der Waals surface area contributed by atoms with Gasteiger partial charge in [-0.25, -0.2) is 0 Å². The molecule has 0 spiro atoms. The van der Waals surface area contributed by atoms with E-state index in [2.05, 4.69) is 204 Å². The topological polar surface area (TPSA) is 31.6 Å². The Bertz CT molecular complexity index is 2750. The molecule has 10 rings (SSSR count). The zero-order chi connectivity index (χ0) is 33.8. The number of nitrogens with one attached hydrogen (secondary N) is 2. The van der Waals surface area contributed by atoms with Gasteiger partial charge in [-0.05, 0) is 44.0 Å². The van der Waals surface area contributed by atoms with Gasteiger partial charge >= 0.3 is 0 Å². The van der Waals surface area contributed by atoms with Gasteiger partial charge < -0.3 is 9.97 Å². The predicted octanol–water partition coefficient (Wildman–Crippen LogP) is 9.67. The summed E-state index contributed by atoms with van der Waals surface area (Å²) in [5, 5.41) is 10.4. The van der Waals surface area contributed by atoms with E-state index >= 15 is 0 Å². The zero-order valence-electron chi connectivity index (χ0n) is 28.0. The summed E-state index contributed by atoms with van der Waals surface area (Å²) < 4.78 is 0. The van der Waals surface area contributed by atoms with Crippen LogP contribution in [0.25, 0.3) is 65.9 Å². The average molecular weight is 667 g/mol. The highest BCUT2D eigenvalue weighted by molar-refractivity contribution is 7.20. The molecule has 0 atom stereocenters. The number of aromatic nitrogens is 2. The molecule has 51 heavy (non-hydrogen) atoms. The van der Waals surface area contributed by atoms with Crippen LogP contribution in [0.3, 0.4) is 0 Å². The fraction of sp³-hybridized carbons (Fsp3) is 0. The molecule has 3 heteroatoms. The molecule has 0 aliphatic heterocycles. The molecule has 0 saturated carbocycles. The fourth-order valence-corrected chi connectivity index (χ4v) is 13.6. The van der Waals surface area contributed by atoms with Crippen LogP contribution in [0, 0.1) is 0 Å². The molecule has 2 nitrogen and oxygen atoms in total. The van der Waals surface area contributed by atoms with Gasteiger partial charge in [0.05, 0.1) is 11.0 Å². The zero-order valence-corrected chi connectivity index (χ0v) is 29.0. The number of hydrogen-bond donors (Lipinski definition) is 2. The van der Waals surface area contributed by atoms with Crippen molar-refractivity contribution in [2.75, 3.05) is 0 Å². The fourth-order valence-electron chi connectivity index (χ4n) is 8.59. The van der Waals surface area contributed by atoms with Crippen LogP contribution in [0.1, 0.15) is 0 Å². The highest BCUT2D eigenvalue weighted by Crippen LogP contribution is 2.41. The van der Waals surface area contributed by atoms with Crippen LogP contribution in [0.4, 0.5) is 0 Å². The number of hydrogen-bond acceptors (Lipinski definition) is 0. The monoisotopic (exact) mass is 666 g/mol. The van der Waals surface area contributed by atoms with Crippen molar-refractivity contribution < 1.29 is 0 Å². The van der Waals surface area contributed by atoms with E-state index in [9.17, 15) is 0 Å². The van der Waals surface area contributed by atoms with E-state index in [0.717, 1.165) is 22.1 Å². The number of benzene rings is 8. The van der Waals surface area contributed by atoms with Gasteiger partial charge in [0.25, 0.3) is 0 Å². The SMILES string of the molecule is c1ccc([Si](c2ccccc2)(c2ccccc2)c2cccc(-c3cccc4c3[nH]c3ccccc34)c2-c2cccc3c2[nH]c2ccccc23)cc1. The molecule has 8 aromatic carbocycles. The summed E-state index contributed by atoms with van der Waals surface area (Å²) in [4.78, 5) is 7.73. The third kappa shape index (κ3) is 4.49. The Balaban J connectivity index is 1.42. The van der Waals surface area contributed by atoms with Crippen LogP contribution >= 0.6 is 0 Å². The summed E-state index contributed by atoms with van der Waals surface area (Å²) >= 11 is 0. The van der Waals surface area contributed by atoms with E-state index in [0.29, 0.717) is 0 Å². The summed E-state index contributed by atoms with van der Waals surface area (Å²) in [6, 6.07) is 71.7. The van der Waals surface area contributed by atoms with Crippen LogP contribution < -0.4 is 20.7 Å². The van der Waals surface area contributed by atoms with Crippen LogP contribution in [0.15, 0.2) is 194 Å². The Morgan fingerprint density at radius 1 is 0.294 bits per heavy atom. The number of H-pyrrole nitrogens is 2. The molecule has 2 N–H and O–H groups in total. The van der Waals surface area contributed by atoms with Crippen molar-refractivity contribution in [3.05, 3.63) is 194 Å². The van der Waals surface area contributed by atoms with Gasteiger partial charge in [-0.3, -0.25) is 0 Å². The summed E-state index contributed by atoms with van der Waals surface area (Å²) in [6.07, 6.45) is 0. The third-order valence-electron chi connectivity index (χ3n) is 10.7. The molecule has 0 unspecified atom stereocenters. The molecule has 0 bridgehead atoms. The number of fused-ring (bicyclic) bond motifs is 6. The van der Waals surface area contributed by atoms with Gasteiger partial charge in [0.15, 0.2) is 8.07 Å². The van der Waals surface area contributed by atoms with Gasteiger partial charge in [0, 0.05) is 43.7 Å². The molecular weight excluding hydrogens is 633 g/mol. The smallest absolute Gasteiger partial charge is 0.180 e. The minimum absolute atomic E-state index is 1.15. The van der Waals surface area contributed by atoms with E-state index in [4.69, 9.17) is 0 Å². The third-order valence-corrected chi connectivity index (χ3v) is 15.6. The van der Waals surface area contributed by atoms with Crippen molar-refractivity contribution in [2.45, 2.75) is 0 Å². The summed E-state index contributed by atoms with van der Waals surface area (Å²) in [7, 11) is -2.94. The minimum atomic E-state index is -2.94. The molecule has 0 saturated heterocycles. The van der Waals surface area contributed by atoms with Crippen LogP contribution in [-0.2, 0) is 0 Å². The first-order chi connectivity index (χ1) is 25.3. The van der Waals surface area contributed by atoms with Crippen molar-refractivity contribution >= 4 is 72.4 Å². The van der Waals surface area contributed by atoms with Gasteiger partial charge in [-0.15, -0.1) is 0 Å². The second kappa shape index (κ2) is 11.9. The summed E-state index contributed by atoms with van der Waals surface area (Å²) in [6.45, 7) is 0. The van der Waals surface area contributed by atoms with Gasteiger partial charge in [0.1, 0.15) is 0 Å². The lowest BCUT2D eigenvalue weighted by molar-refractivity contribution is 1.52. The normalized spacial score (nSPS) is 11.9. The molecule has 10 aromatic rings. The predicted molar refractivity (Wildman–Crippen MR) is 220 cm³/mol. The second-order valence-corrected chi connectivity index (χ2v) is 17.1. The largest absolute Gasteiger partial charge is 0.354 e. The van der Waals surface area contributed by atoms with Crippen LogP contribution in [0.5, 0.6) is 0 Å². The first-order valence-electron chi connectivity index (χ1n) is 17.6. The number of rotatable bonds is 6. The maximum absolute atomic E-state index is 3.89. The Morgan fingerprint density at radius 2 is 0.686 bits per heavy atom. The Kier molecular flexibility index (Phi) is 6.86. The van der Waals surface area contributed by atoms with Crippen molar-refractivity contribution in [3.63, 3.8) is 0 Å². The summed E-state index contributed by atoms with van der Waals surface area (Å²) in [5.41, 5.74) is 9.51. The van der Waals surface area contributed by atoms with Crippen LogP contribution in [0.2, 0.25) is 0 Å². The Labute approximate surface area is 297 Å². The lowest BCUT2D eigenvalue weighted by Crippen LogP contribution is -2.75. The van der Waals surface area contributed by atoms with E-state index in [1.54, 1.807) is 0 Å². The standard InChI is InChI=1S/C48H34N2Si/c1-4-17-33(18-5-1)51(34-19-6-2-7-20-34,35-21-8-3-9-22-35)45-32-16-25-38(41-28-14-26-39-36-23-10-12-30-43(36)49-47(39)41)46(45)42-29-15-27-40-37-24-11-13-31-44(37)50-48(40)42/h1-32,49-50H. The molecule has 0 fully saturated rings. The lowest BCUT2D eigenvalue weighted by Gasteiger charge is -2.36. The second-order valence-electron chi connectivity index (χ2n) is 13.4. The molecule has 0 amide bonds. The molecule has 2 aromatic heterocycles. The highest BCUT2D eigenvalue weighted by Gasteiger charge is 2.43. The first kappa shape index (κ1) is 29.5. The highest BCUT2D eigenvalue weighted by atomic mass is 28.3. The van der Waals surface area contributed by atoms with E-state index < -0.39 is 8.07 Å². The molecular formula is C48H34N2Si. The average Bonchev–Trinajstić information content (AvgIpc) is 3.78. The van der Waals surface area contributed by atoms with Crippen molar-refractivity contribution in [3.8, 4) is 22.3 Å². The number of para-hydroxylation sites is 4. The quantitative estimate of drug-likeness (QED) is 0.131. The maximum atomic E-state index is 3.89. The number of aromatic amines is 2. The van der Waals surface area contributed by atoms with Crippen molar-refractivity contribution in [2.24, 2.45) is 0 Å². The minimum Gasteiger partial charge on any atom is -0.354 e. The van der Waals surface area contributed by atoms with E-state index in [-0.39, 0.29) is 0 Å². The lowest BCUT2D eigenvalue weighted by atomic mass is 9.92. The first-order valence-corrected chi connectivity index (χ1v) is 19.6. The van der Waals surface area contributed by atoms with E-state index in [1.807, 2.05) is 0 Å². The molecule has 0 aliphatic rings. The molecule has 240 valence electrons. The van der Waals surface area contributed by atoms with E-state index in [1.165, 1.54) is 64.5 Å². The Hall–Kier alpha value is -6.42. The molecule has 0 aliphatic carbocycles. The Morgan fingerprint density at radius 3 is 1.22 bits per heavy atom.